The lowest BCUT2D eigenvalue weighted by Crippen LogP contribution is -2.28. The molecule has 2 aromatic carbocycles. The van der Waals surface area contributed by atoms with E-state index in [1.807, 2.05) is 0 Å². The van der Waals surface area contributed by atoms with Crippen LogP contribution in [0.1, 0.15) is 11.1 Å². The normalized spacial score (nSPS) is 13.0. The summed E-state index contributed by atoms with van der Waals surface area (Å²) in [4.78, 5) is 11.1. The van der Waals surface area contributed by atoms with Gasteiger partial charge in [-0.1, -0.05) is 23.7 Å². The van der Waals surface area contributed by atoms with E-state index in [9.17, 15) is 34.8 Å². The average molecular weight is 485 g/mol. The highest BCUT2D eigenvalue weighted by Gasteiger charge is 2.48. The fraction of sp³-hybridized carbons (Fsp3) is 0.125. The molecule has 0 aliphatic carbocycles. The van der Waals surface area contributed by atoms with Crippen LogP contribution in [0.3, 0.4) is 0 Å². The third-order valence-corrected chi connectivity index (χ3v) is 5.44. The molecular formula is C16H12ClF3N2O6S2. The fourth-order valence-electron chi connectivity index (χ4n) is 2.01. The van der Waals surface area contributed by atoms with E-state index in [-0.39, 0.29) is 22.1 Å². The van der Waals surface area contributed by atoms with Gasteiger partial charge >= 0.3 is 15.6 Å². The zero-order valence-corrected chi connectivity index (χ0v) is 17.3. The Kier molecular flexibility index (Phi) is 6.79. The Hall–Kier alpha value is -2.64. The predicted octanol–water partition coefficient (Wildman–Crippen LogP) is 2.74. The molecule has 162 valence electrons. The molecule has 14 heteroatoms. The summed E-state index contributed by atoms with van der Waals surface area (Å²) in [7, 11) is -9.92. The van der Waals surface area contributed by atoms with Gasteiger partial charge in [0.05, 0.1) is 12.0 Å². The zero-order valence-electron chi connectivity index (χ0n) is 14.9. The quantitative estimate of drug-likeness (QED) is 0.196. The molecule has 2 rings (SSSR count). The number of nitrogens with zero attached hydrogens (tertiary/aromatic N) is 2. The SMILES string of the molecule is CS(=O)(=O)N(C=O)N=C(c1ccc(Cl)cc1)c1ccc(OS(=O)(=O)C(F)(F)F)cc1. The lowest BCUT2D eigenvalue weighted by Gasteiger charge is -2.14. The zero-order chi connectivity index (χ0) is 22.7. The van der Waals surface area contributed by atoms with E-state index in [0.717, 1.165) is 30.5 Å². The van der Waals surface area contributed by atoms with Crippen molar-refractivity contribution in [2.45, 2.75) is 5.51 Å². The van der Waals surface area contributed by atoms with Crippen molar-refractivity contribution in [1.82, 2.24) is 4.41 Å². The molecule has 0 N–H and O–H groups in total. The van der Waals surface area contributed by atoms with Crippen molar-refractivity contribution in [1.29, 1.82) is 0 Å². The maximum absolute atomic E-state index is 12.4. The molecule has 0 aliphatic rings. The van der Waals surface area contributed by atoms with Crippen LogP contribution in [0.25, 0.3) is 0 Å². The summed E-state index contributed by atoms with van der Waals surface area (Å²) >= 11 is 5.82. The molecule has 30 heavy (non-hydrogen) atoms. The molecule has 0 fully saturated rings. The largest absolute Gasteiger partial charge is 0.534 e. The summed E-state index contributed by atoms with van der Waals surface area (Å²) in [5.41, 5.74) is -5.22. The average Bonchev–Trinajstić information content (AvgIpc) is 2.62. The first kappa shape index (κ1) is 23.6. The van der Waals surface area contributed by atoms with Crippen LogP contribution in [-0.2, 0) is 24.9 Å². The Morgan fingerprint density at radius 2 is 1.47 bits per heavy atom. The lowest BCUT2D eigenvalue weighted by atomic mass is 10.0. The second kappa shape index (κ2) is 8.62. The van der Waals surface area contributed by atoms with E-state index in [4.69, 9.17) is 11.6 Å². The summed E-state index contributed by atoms with van der Waals surface area (Å²) in [5, 5.41) is 4.15. The van der Waals surface area contributed by atoms with Crippen molar-refractivity contribution in [2.24, 2.45) is 5.10 Å². The molecule has 0 unspecified atom stereocenters. The molecule has 0 spiro atoms. The van der Waals surface area contributed by atoms with Crippen molar-refractivity contribution in [2.75, 3.05) is 6.26 Å². The number of hydrogen-bond acceptors (Lipinski definition) is 7. The Morgan fingerprint density at radius 1 is 1.00 bits per heavy atom. The predicted molar refractivity (Wildman–Crippen MR) is 102 cm³/mol. The van der Waals surface area contributed by atoms with Gasteiger partial charge in [-0.05, 0) is 36.4 Å². The van der Waals surface area contributed by atoms with Crippen LogP contribution >= 0.6 is 11.6 Å². The van der Waals surface area contributed by atoms with Gasteiger partial charge in [-0.2, -0.15) is 26.7 Å². The van der Waals surface area contributed by atoms with Gasteiger partial charge in [-0.3, -0.25) is 4.79 Å². The minimum absolute atomic E-state index is 0.0430. The second-order valence-electron chi connectivity index (χ2n) is 5.60. The Morgan fingerprint density at radius 3 is 1.87 bits per heavy atom. The summed E-state index contributed by atoms with van der Waals surface area (Å²) in [6.07, 6.45) is 0.696. The van der Waals surface area contributed by atoms with E-state index in [1.54, 1.807) is 0 Å². The number of benzene rings is 2. The van der Waals surface area contributed by atoms with E-state index in [0.29, 0.717) is 10.6 Å². The molecular weight excluding hydrogens is 473 g/mol. The topological polar surface area (TPSA) is 110 Å². The molecule has 0 saturated heterocycles. The number of sulfonamides is 1. The maximum Gasteiger partial charge on any atom is 0.534 e. The minimum Gasteiger partial charge on any atom is -0.376 e. The lowest BCUT2D eigenvalue weighted by molar-refractivity contribution is -0.114. The number of alkyl halides is 3. The van der Waals surface area contributed by atoms with Crippen LogP contribution in [0.15, 0.2) is 53.6 Å². The molecule has 8 nitrogen and oxygen atoms in total. The summed E-state index contributed by atoms with van der Waals surface area (Å²) in [6, 6.07) is 9.96. The van der Waals surface area contributed by atoms with Gasteiger partial charge in [0, 0.05) is 16.1 Å². The van der Waals surface area contributed by atoms with Crippen molar-refractivity contribution in [3.05, 3.63) is 64.7 Å². The van der Waals surface area contributed by atoms with E-state index < -0.39 is 31.4 Å². The van der Waals surface area contributed by atoms with Gasteiger partial charge in [0.15, 0.2) is 0 Å². The van der Waals surface area contributed by atoms with Gasteiger partial charge in [0.25, 0.3) is 10.0 Å². The van der Waals surface area contributed by atoms with Gasteiger partial charge in [-0.15, -0.1) is 4.41 Å². The number of hydrazone groups is 1. The minimum atomic E-state index is -5.86. The van der Waals surface area contributed by atoms with E-state index in [2.05, 4.69) is 9.28 Å². The van der Waals surface area contributed by atoms with Gasteiger partial charge in [0.2, 0.25) is 6.41 Å². The summed E-state index contributed by atoms with van der Waals surface area (Å²) < 4.78 is 87.0. The van der Waals surface area contributed by atoms with Crippen LogP contribution in [0.5, 0.6) is 5.75 Å². The van der Waals surface area contributed by atoms with Crippen LogP contribution in [0, 0.1) is 0 Å². The standard InChI is InChI=1S/C16H12ClF3N2O6S2/c1-29(24,25)22(10-23)21-15(11-2-6-13(17)7-3-11)12-4-8-14(9-5-12)28-30(26,27)16(18,19)20/h2-10H,1H3. The number of carbonyl (C=O) groups excluding carboxylic acids is 1. The molecule has 0 atom stereocenters. The molecule has 0 aromatic heterocycles. The third-order valence-electron chi connectivity index (χ3n) is 3.36. The van der Waals surface area contributed by atoms with Crippen molar-refractivity contribution < 1.29 is 39.0 Å². The molecule has 0 heterocycles. The number of rotatable bonds is 7. The van der Waals surface area contributed by atoms with Gasteiger partial charge in [0.1, 0.15) is 5.75 Å². The third kappa shape index (κ3) is 5.70. The Labute approximate surface area is 174 Å². The van der Waals surface area contributed by atoms with Crippen LogP contribution < -0.4 is 4.18 Å². The van der Waals surface area contributed by atoms with Crippen molar-refractivity contribution >= 4 is 43.9 Å². The molecule has 0 aliphatic heterocycles. The fourth-order valence-corrected chi connectivity index (χ4v) is 2.98. The maximum atomic E-state index is 12.4. The first-order chi connectivity index (χ1) is 13.7. The van der Waals surface area contributed by atoms with Crippen molar-refractivity contribution in [3.63, 3.8) is 0 Å². The van der Waals surface area contributed by atoms with Crippen molar-refractivity contribution in [3.8, 4) is 5.75 Å². The number of amides is 1. The first-order valence-electron chi connectivity index (χ1n) is 7.65. The highest BCUT2D eigenvalue weighted by Crippen LogP contribution is 2.27. The van der Waals surface area contributed by atoms with Crippen LogP contribution in [-0.4, -0.2) is 45.1 Å². The number of carbonyl (C=O) groups is 1. The smallest absolute Gasteiger partial charge is 0.376 e. The number of hydrogen-bond donors (Lipinski definition) is 0. The molecule has 2 aromatic rings. The van der Waals surface area contributed by atoms with E-state index >= 15 is 0 Å². The Bertz CT molecular complexity index is 1160. The van der Waals surface area contributed by atoms with Gasteiger partial charge in [-0.25, -0.2) is 8.42 Å². The molecule has 0 bridgehead atoms. The molecule has 1 amide bonds. The molecule has 0 radical (unpaired) electrons. The summed E-state index contributed by atoms with van der Waals surface area (Å²) in [6.45, 7) is 0. The first-order valence-corrected chi connectivity index (χ1v) is 11.3. The number of halogens is 4. The molecule has 0 saturated carbocycles. The highest BCUT2D eigenvalue weighted by atomic mass is 35.5. The highest BCUT2D eigenvalue weighted by molar-refractivity contribution is 7.88. The monoisotopic (exact) mass is 484 g/mol. The Balaban J connectivity index is 2.52. The van der Waals surface area contributed by atoms with Crippen LogP contribution in [0.4, 0.5) is 13.2 Å². The van der Waals surface area contributed by atoms with Crippen LogP contribution in [0.2, 0.25) is 5.02 Å². The van der Waals surface area contributed by atoms with Gasteiger partial charge < -0.3 is 4.18 Å². The summed E-state index contributed by atoms with van der Waals surface area (Å²) in [5.74, 6) is -0.637. The van der Waals surface area contributed by atoms with E-state index in [1.165, 1.54) is 24.3 Å². The second-order valence-corrected chi connectivity index (χ2v) is 9.42.